The van der Waals surface area contributed by atoms with Crippen LogP contribution in [0.4, 0.5) is 13.2 Å². The Bertz CT molecular complexity index is 408. The maximum absolute atomic E-state index is 12.3. The number of nitrogens with zero attached hydrogens (tertiary/aromatic N) is 1. The summed E-state index contributed by atoms with van der Waals surface area (Å²) in [5.74, 6) is 0.574. The third-order valence-electron chi connectivity index (χ3n) is 2.41. The Hall–Kier alpha value is -1.52. The Labute approximate surface area is 90.8 Å². The molecule has 86 valence electrons. The number of halogens is 3. The van der Waals surface area contributed by atoms with Gasteiger partial charge in [0, 0.05) is 6.92 Å². The highest BCUT2D eigenvalue weighted by atomic mass is 19.4. The van der Waals surface area contributed by atoms with Crippen LogP contribution in [0.1, 0.15) is 24.1 Å². The molecule has 0 N–H and O–H groups in total. The second kappa shape index (κ2) is 3.81. The molecule has 0 radical (unpaired) electrons. The molecule has 0 spiro atoms. The zero-order valence-corrected chi connectivity index (χ0v) is 8.58. The van der Waals surface area contributed by atoms with Crippen LogP contribution >= 0.6 is 0 Å². The van der Waals surface area contributed by atoms with Crippen LogP contribution in [0, 0.1) is 0 Å². The van der Waals surface area contributed by atoms with Crippen LogP contribution in [0.15, 0.2) is 29.3 Å². The molecular formula is C11H10F3NO. The van der Waals surface area contributed by atoms with Crippen LogP contribution in [0.25, 0.3) is 0 Å². The molecule has 0 bridgehead atoms. The van der Waals surface area contributed by atoms with Crippen LogP contribution in [0.2, 0.25) is 0 Å². The van der Waals surface area contributed by atoms with Crippen LogP contribution in [0.3, 0.4) is 0 Å². The lowest BCUT2D eigenvalue weighted by Crippen LogP contribution is -2.05. The molecule has 1 aromatic carbocycles. The van der Waals surface area contributed by atoms with Gasteiger partial charge in [-0.05, 0) is 17.7 Å². The van der Waals surface area contributed by atoms with E-state index in [9.17, 15) is 13.2 Å². The number of hydrogen-bond donors (Lipinski definition) is 0. The van der Waals surface area contributed by atoms with Gasteiger partial charge in [-0.3, -0.25) is 0 Å². The number of ether oxygens (including phenoxy) is 1. The van der Waals surface area contributed by atoms with Crippen molar-refractivity contribution in [1.29, 1.82) is 0 Å². The standard InChI is InChI=1S/C11H10F3NO/c1-7-15-10(6-16-7)8-2-4-9(5-3-8)11(12,13)14/h2-5,10H,6H2,1H3. The summed E-state index contributed by atoms with van der Waals surface area (Å²) in [4.78, 5) is 4.16. The quantitative estimate of drug-likeness (QED) is 0.724. The van der Waals surface area contributed by atoms with Crippen molar-refractivity contribution in [3.63, 3.8) is 0 Å². The minimum Gasteiger partial charge on any atom is -0.479 e. The van der Waals surface area contributed by atoms with Gasteiger partial charge in [-0.2, -0.15) is 13.2 Å². The lowest BCUT2D eigenvalue weighted by molar-refractivity contribution is -0.137. The topological polar surface area (TPSA) is 21.6 Å². The van der Waals surface area contributed by atoms with E-state index in [1.165, 1.54) is 12.1 Å². The highest BCUT2D eigenvalue weighted by Crippen LogP contribution is 2.31. The number of benzene rings is 1. The summed E-state index contributed by atoms with van der Waals surface area (Å²) >= 11 is 0. The first-order chi connectivity index (χ1) is 7.47. The van der Waals surface area contributed by atoms with Gasteiger partial charge >= 0.3 is 6.18 Å². The monoisotopic (exact) mass is 229 g/mol. The highest BCUT2D eigenvalue weighted by molar-refractivity contribution is 5.75. The van der Waals surface area contributed by atoms with E-state index in [1.807, 2.05) is 0 Å². The molecule has 1 aromatic rings. The fourth-order valence-corrected chi connectivity index (χ4v) is 1.56. The first kappa shape index (κ1) is 11.0. The SMILES string of the molecule is CC1=NC(c2ccc(C(F)(F)F)cc2)CO1. The Kier molecular flexibility index (Phi) is 2.61. The van der Waals surface area contributed by atoms with Gasteiger partial charge in [0.05, 0.1) is 5.56 Å². The number of aliphatic imine (C=N–C) groups is 1. The van der Waals surface area contributed by atoms with Crippen molar-refractivity contribution in [2.45, 2.75) is 19.1 Å². The second-order valence-corrected chi connectivity index (χ2v) is 3.59. The predicted octanol–water partition coefficient (Wildman–Crippen LogP) is 3.20. The zero-order valence-electron chi connectivity index (χ0n) is 8.58. The number of alkyl halides is 3. The second-order valence-electron chi connectivity index (χ2n) is 3.59. The Morgan fingerprint density at radius 2 is 1.88 bits per heavy atom. The van der Waals surface area contributed by atoms with Crippen molar-refractivity contribution in [3.8, 4) is 0 Å². The molecule has 5 heteroatoms. The first-order valence-corrected chi connectivity index (χ1v) is 4.81. The summed E-state index contributed by atoms with van der Waals surface area (Å²) in [5, 5.41) is 0. The van der Waals surface area contributed by atoms with Gasteiger partial charge in [0.1, 0.15) is 12.6 Å². The van der Waals surface area contributed by atoms with Crippen LogP contribution in [-0.2, 0) is 10.9 Å². The minimum atomic E-state index is -4.29. The molecule has 1 unspecified atom stereocenters. The average molecular weight is 229 g/mol. The molecule has 0 aliphatic carbocycles. The first-order valence-electron chi connectivity index (χ1n) is 4.81. The van der Waals surface area contributed by atoms with E-state index in [1.54, 1.807) is 6.92 Å². The van der Waals surface area contributed by atoms with Gasteiger partial charge in [0.15, 0.2) is 5.90 Å². The molecule has 0 saturated carbocycles. The van der Waals surface area contributed by atoms with Gasteiger partial charge in [0.2, 0.25) is 0 Å². The molecule has 1 heterocycles. The lowest BCUT2D eigenvalue weighted by Gasteiger charge is -2.09. The van der Waals surface area contributed by atoms with Crippen LogP contribution in [-0.4, -0.2) is 12.5 Å². The number of hydrogen-bond acceptors (Lipinski definition) is 2. The molecule has 1 aliphatic rings. The molecule has 16 heavy (non-hydrogen) atoms. The molecule has 1 atom stereocenters. The van der Waals surface area contributed by atoms with E-state index in [0.717, 1.165) is 17.7 Å². The maximum atomic E-state index is 12.3. The van der Waals surface area contributed by atoms with E-state index >= 15 is 0 Å². The summed E-state index contributed by atoms with van der Waals surface area (Å²) in [5.41, 5.74) is 0.0979. The van der Waals surface area contributed by atoms with E-state index in [-0.39, 0.29) is 6.04 Å². The van der Waals surface area contributed by atoms with Gasteiger partial charge < -0.3 is 4.74 Å². The Balaban J connectivity index is 2.20. The van der Waals surface area contributed by atoms with Crippen molar-refractivity contribution in [2.75, 3.05) is 6.61 Å². The van der Waals surface area contributed by atoms with Crippen LogP contribution in [0.5, 0.6) is 0 Å². The van der Waals surface area contributed by atoms with Gasteiger partial charge in [-0.25, -0.2) is 4.99 Å². The highest BCUT2D eigenvalue weighted by Gasteiger charge is 2.30. The summed E-state index contributed by atoms with van der Waals surface area (Å²) in [6.45, 7) is 2.13. The molecule has 1 aliphatic heterocycles. The van der Waals surface area contributed by atoms with Crippen molar-refractivity contribution in [3.05, 3.63) is 35.4 Å². The third-order valence-corrected chi connectivity index (χ3v) is 2.41. The summed E-state index contributed by atoms with van der Waals surface area (Å²) in [6.07, 6.45) is -4.29. The maximum Gasteiger partial charge on any atom is 0.416 e. The van der Waals surface area contributed by atoms with Crippen molar-refractivity contribution in [1.82, 2.24) is 0 Å². The normalized spacial score (nSPS) is 20.5. The molecule has 0 aromatic heterocycles. The molecule has 0 saturated heterocycles. The van der Waals surface area contributed by atoms with E-state index in [2.05, 4.69) is 4.99 Å². The summed E-state index contributed by atoms with van der Waals surface area (Å²) in [6, 6.07) is 4.84. The molecule has 2 rings (SSSR count). The van der Waals surface area contributed by atoms with Gasteiger partial charge in [-0.15, -0.1) is 0 Å². The Morgan fingerprint density at radius 3 is 2.31 bits per heavy atom. The average Bonchev–Trinajstić information content (AvgIpc) is 2.64. The minimum absolute atomic E-state index is 0.178. The van der Waals surface area contributed by atoms with Gasteiger partial charge in [-0.1, -0.05) is 12.1 Å². The molecule has 0 fully saturated rings. The largest absolute Gasteiger partial charge is 0.479 e. The summed E-state index contributed by atoms with van der Waals surface area (Å²) in [7, 11) is 0. The molecule has 0 amide bonds. The van der Waals surface area contributed by atoms with E-state index in [4.69, 9.17) is 4.74 Å². The van der Waals surface area contributed by atoms with E-state index < -0.39 is 11.7 Å². The molecular weight excluding hydrogens is 219 g/mol. The predicted molar refractivity (Wildman–Crippen MR) is 53.2 cm³/mol. The summed E-state index contributed by atoms with van der Waals surface area (Å²) < 4.78 is 42.1. The molecule has 2 nitrogen and oxygen atoms in total. The third kappa shape index (κ3) is 2.18. The lowest BCUT2D eigenvalue weighted by atomic mass is 10.1. The smallest absolute Gasteiger partial charge is 0.416 e. The van der Waals surface area contributed by atoms with E-state index in [0.29, 0.717) is 12.5 Å². The van der Waals surface area contributed by atoms with Crippen molar-refractivity contribution in [2.24, 2.45) is 4.99 Å². The fourth-order valence-electron chi connectivity index (χ4n) is 1.56. The van der Waals surface area contributed by atoms with Crippen molar-refractivity contribution < 1.29 is 17.9 Å². The fraction of sp³-hybridized carbons (Fsp3) is 0.364. The van der Waals surface area contributed by atoms with Gasteiger partial charge in [0.25, 0.3) is 0 Å². The van der Waals surface area contributed by atoms with Crippen LogP contribution < -0.4 is 0 Å². The zero-order chi connectivity index (χ0) is 11.8. The van der Waals surface area contributed by atoms with Crippen molar-refractivity contribution >= 4 is 5.90 Å². The Morgan fingerprint density at radius 1 is 1.25 bits per heavy atom. The number of rotatable bonds is 1.